The second-order valence-electron chi connectivity index (χ2n) is 5.84. The summed E-state index contributed by atoms with van der Waals surface area (Å²) >= 11 is 6.58. The van der Waals surface area contributed by atoms with E-state index in [1.807, 2.05) is 0 Å². The maximum Gasteiger partial charge on any atom is 0.0943 e. The molecule has 0 spiro atoms. The number of anilines is 1. The van der Waals surface area contributed by atoms with Gasteiger partial charge in [0.1, 0.15) is 0 Å². The molecule has 1 unspecified atom stereocenters. The van der Waals surface area contributed by atoms with Crippen molar-refractivity contribution in [3.63, 3.8) is 0 Å². The molecule has 0 radical (unpaired) electrons. The summed E-state index contributed by atoms with van der Waals surface area (Å²) < 4.78 is 2.26. The molecule has 21 heavy (non-hydrogen) atoms. The molecule has 1 aromatic rings. The van der Waals surface area contributed by atoms with E-state index in [-0.39, 0.29) is 7.43 Å². The molecular weight excluding hydrogens is 299 g/mol. The van der Waals surface area contributed by atoms with Crippen LogP contribution in [0.1, 0.15) is 47.5 Å². The summed E-state index contributed by atoms with van der Waals surface area (Å²) in [6.45, 7) is 7.88. The third-order valence-electron chi connectivity index (χ3n) is 4.16. The molecule has 0 amide bonds. The molecule has 0 aliphatic carbocycles. The van der Waals surface area contributed by atoms with Gasteiger partial charge in [0.05, 0.1) is 7.43 Å². The van der Waals surface area contributed by atoms with Crippen molar-refractivity contribution in [1.82, 2.24) is 4.67 Å². The second-order valence-corrected chi connectivity index (χ2v) is 8.52. The Morgan fingerprint density at radius 2 is 1.71 bits per heavy atom. The lowest BCUT2D eigenvalue weighted by molar-refractivity contribution is 0.551. The molecule has 1 fully saturated rings. The average molecular weight is 329 g/mol. The van der Waals surface area contributed by atoms with E-state index < -0.39 is 7.43 Å². The fourth-order valence-electron chi connectivity index (χ4n) is 3.06. The molecule has 0 aromatic heterocycles. The summed E-state index contributed by atoms with van der Waals surface area (Å²) in [5, 5.41) is 1.25. The molecule has 1 aromatic carbocycles. The maximum absolute atomic E-state index is 6.58. The van der Waals surface area contributed by atoms with E-state index in [9.17, 15) is 0 Å². The SMILES string of the molecule is C.CCCN(C)P(Cl)c1ccc(N2[C@H](C)CC[C@@H]2C)cc1. The minimum absolute atomic E-state index is 0. The van der Waals surface area contributed by atoms with Crippen LogP contribution in [0.25, 0.3) is 0 Å². The number of benzene rings is 1. The van der Waals surface area contributed by atoms with E-state index in [4.69, 9.17) is 11.2 Å². The highest BCUT2D eigenvalue weighted by molar-refractivity contribution is 7.88. The van der Waals surface area contributed by atoms with Crippen LogP contribution in [-0.4, -0.2) is 30.3 Å². The Morgan fingerprint density at radius 3 is 2.19 bits per heavy atom. The molecule has 4 heteroatoms. The van der Waals surface area contributed by atoms with Gasteiger partial charge in [-0.1, -0.05) is 37.7 Å². The van der Waals surface area contributed by atoms with Crippen LogP contribution in [-0.2, 0) is 0 Å². The van der Waals surface area contributed by atoms with Gasteiger partial charge in [-0.25, -0.2) is 0 Å². The molecule has 1 saturated heterocycles. The minimum Gasteiger partial charge on any atom is -0.366 e. The van der Waals surface area contributed by atoms with Gasteiger partial charge in [-0.2, -0.15) is 0 Å². The highest BCUT2D eigenvalue weighted by Crippen LogP contribution is 2.43. The number of hydrogen-bond donors (Lipinski definition) is 0. The van der Waals surface area contributed by atoms with Crippen LogP contribution in [0.5, 0.6) is 0 Å². The Kier molecular flexibility index (Phi) is 7.47. The normalized spacial score (nSPS) is 23.2. The fourth-order valence-corrected chi connectivity index (χ4v) is 4.79. The summed E-state index contributed by atoms with van der Waals surface area (Å²) in [4.78, 5) is 2.54. The van der Waals surface area contributed by atoms with Gasteiger partial charge in [0.15, 0.2) is 0 Å². The molecule has 1 aliphatic heterocycles. The smallest absolute Gasteiger partial charge is 0.0943 e. The van der Waals surface area contributed by atoms with E-state index in [0.29, 0.717) is 12.1 Å². The molecule has 120 valence electrons. The van der Waals surface area contributed by atoms with Crippen LogP contribution in [0, 0.1) is 0 Å². The molecule has 2 rings (SSSR count). The molecular formula is C17H30ClN2P. The van der Waals surface area contributed by atoms with Gasteiger partial charge in [0, 0.05) is 29.6 Å². The van der Waals surface area contributed by atoms with E-state index in [1.165, 1.54) is 23.8 Å². The van der Waals surface area contributed by atoms with Crippen molar-refractivity contribution in [2.24, 2.45) is 0 Å². The number of rotatable bonds is 5. The summed E-state index contributed by atoms with van der Waals surface area (Å²) in [7, 11) is 1.41. The van der Waals surface area contributed by atoms with Gasteiger partial charge >= 0.3 is 0 Å². The van der Waals surface area contributed by atoms with Crippen LogP contribution < -0.4 is 10.2 Å². The molecule has 0 saturated carbocycles. The zero-order chi connectivity index (χ0) is 14.7. The predicted molar refractivity (Wildman–Crippen MR) is 99.1 cm³/mol. The number of hydrogen-bond acceptors (Lipinski definition) is 2. The Labute approximate surface area is 137 Å². The van der Waals surface area contributed by atoms with Crippen molar-refractivity contribution in [3.8, 4) is 0 Å². The highest BCUT2D eigenvalue weighted by atomic mass is 35.7. The second kappa shape index (κ2) is 8.36. The quantitative estimate of drug-likeness (QED) is 0.684. The zero-order valence-corrected chi connectivity index (χ0v) is 14.7. The van der Waals surface area contributed by atoms with Crippen LogP contribution in [0.4, 0.5) is 5.69 Å². The molecule has 2 nitrogen and oxygen atoms in total. The first-order valence-electron chi connectivity index (χ1n) is 7.60. The lowest BCUT2D eigenvalue weighted by Crippen LogP contribution is -2.32. The van der Waals surface area contributed by atoms with E-state index >= 15 is 0 Å². The van der Waals surface area contributed by atoms with Crippen molar-refractivity contribution in [1.29, 1.82) is 0 Å². The summed E-state index contributed by atoms with van der Waals surface area (Å²) in [5.74, 6) is 0. The fraction of sp³-hybridized carbons (Fsp3) is 0.647. The summed E-state index contributed by atoms with van der Waals surface area (Å²) in [6.07, 6.45) is 3.73. The summed E-state index contributed by atoms with van der Waals surface area (Å²) in [6, 6.07) is 10.2. The Morgan fingerprint density at radius 1 is 1.19 bits per heavy atom. The highest BCUT2D eigenvalue weighted by Gasteiger charge is 2.27. The predicted octanol–water partition coefficient (Wildman–Crippen LogP) is 5.22. The van der Waals surface area contributed by atoms with Crippen molar-refractivity contribution in [2.75, 3.05) is 18.5 Å². The van der Waals surface area contributed by atoms with Crippen molar-refractivity contribution in [3.05, 3.63) is 24.3 Å². The third kappa shape index (κ3) is 4.34. The maximum atomic E-state index is 6.58. The van der Waals surface area contributed by atoms with E-state index in [0.717, 1.165) is 13.0 Å². The molecule has 3 atom stereocenters. The van der Waals surface area contributed by atoms with E-state index in [1.54, 1.807) is 0 Å². The molecule has 0 N–H and O–H groups in total. The van der Waals surface area contributed by atoms with Gasteiger partial charge in [-0.15, -0.1) is 0 Å². The van der Waals surface area contributed by atoms with E-state index in [2.05, 4.69) is 61.7 Å². The average Bonchev–Trinajstić information content (AvgIpc) is 2.78. The van der Waals surface area contributed by atoms with Crippen molar-refractivity contribution < 1.29 is 0 Å². The standard InChI is InChI=1S/C16H26ClN2P.CH4/c1-5-12-18(4)20(17)16-10-8-15(9-11-16)19-13(2)6-7-14(19)3;/h8-11,13-14H,5-7,12H2,1-4H3;1H4/t13-,14+,20?;. The van der Waals surface area contributed by atoms with Crippen LogP contribution in [0.2, 0.25) is 0 Å². The Balaban J connectivity index is 0.00000220. The topological polar surface area (TPSA) is 6.48 Å². The van der Waals surface area contributed by atoms with Crippen molar-refractivity contribution >= 4 is 29.7 Å². The first-order valence-corrected chi connectivity index (χ1v) is 9.80. The Hall–Kier alpha value is -0.300. The van der Waals surface area contributed by atoms with Crippen LogP contribution >= 0.6 is 18.7 Å². The first-order chi connectivity index (χ1) is 9.54. The minimum atomic E-state index is -0.702. The van der Waals surface area contributed by atoms with Crippen LogP contribution in [0.15, 0.2) is 24.3 Å². The van der Waals surface area contributed by atoms with Gasteiger partial charge in [-0.05, 0) is 52.3 Å². The van der Waals surface area contributed by atoms with Crippen molar-refractivity contribution in [2.45, 2.75) is 59.5 Å². The Bertz CT molecular complexity index is 413. The molecule has 1 heterocycles. The third-order valence-corrected chi connectivity index (χ3v) is 7.04. The van der Waals surface area contributed by atoms with Crippen LogP contribution in [0.3, 0.4) is 0 Å². The first kappa shape index (κ1) is 18.7. The molecule has 1 aliphatic rings. The zero-order valence-electron chi connectivity index (χ0n) is 13.0. The van der Waals surface area contributed by atoms with Gasteiger partial charge < -0.3 is 4.90 Å². The van der Waals surface area contributed by atoms with Gasteiger partial charge in [0.2, 0.25) is 0 Å². The lowest BCUT2D eigenvalue weighted by atomic mass is 10.2. The summed E-state index contributed by atoms with van der Waals surface area (Å²) in [5.41, 5.74) is 1.34. The monoisotopic (exact) mass is 328 g/mol. The van der Waals surface area contributed by atoms with Gasteiger partial charge in [0.25, 0.3) is 0 Å². The molecule has 0 bridgehead atoms. The number of halogens is 1. The number of nitrogens with zero attached hydrogens (tertiary/aromatic N) is 2. The lowest BCUT2D eigenvalue weighted by Gasteiger charge is -2.29. The van der Waals surface area contributed by atoms with Gasteiger partial charge in [-0.3, -0.25) is 4.67 Å². The largest absolute Gasteiger partial charge is 0.366 e.